The summed E-state index contributed by atoms with van der Waals surface area (Å²) in [7, 11) is 0. The van der Waals surface area contributed by atoms with E-state index in [-0.39, 0.29) is 18.8 Å². The molecular weight excluding hydrogens is 402 g/mol. The molecule has 6 heteroatoms. The Bertz CT molecular complexity index is 947. The number of aliphatic hydroxyl groups is 2. The van der Waals surface area contributed by atoms with Crippen molar-refractivity contribution in [3.05, 3.63) is 57.1 Å². The highest BCUT2D eigenvalue weighted by molar-refractivity contribution is 6.33. The van der Waals surface area contributed by atoms with Gasteiger partial charge in [0.25, 0.3) is 0 Å². The maximum atomic E-state index is 10.3. The Balaban J connectivity index is 1.49. The average molecular weight is 430 g/mol. The van der Waals surface area contributed by atoms with Gasteiger partial charge in [0.15, 0.2) is 0 Å². The van der Waals surface area contributed by atoms with Crippen molar-refractivity contribution in [3.63, 3.8) is 0 Å². The van der Waals surface area contributed by atoms with Crippen molar-refractivity contribution in [2.24, 2.45) is 0 Å². The van der Waals surface area contributed by atoms with Crippen LogP contribution in [0, 0.1) is 0 Å². The number of ether oxygens (including phenoxy) is 2. The molecule has 1 saturated heterocycles. The van der Waals surface area contributed by atoms with E-state index in [0.29, 0.717) is 30.9 Å². The molecule has 3 unspecified atom stereocenters. The van der Waals surface area contributed by atoms with E-state index >= 15 is 0 Å². The minimum Gasteiger partial charge on any atom is -0.491 e. The van der Waals surface area contributed by atoms with Crippen LogP contribution in [0.3, 0.4) is 0 Å². The summed E-state index contributed by atoms with van der Waals surface area (Å²) in [6, 6.07) is 8.74. The molecule has 5 rings (SSSR count). The van der Waals surface area contributed by atoms with Crippen LogP contribution in [0.1, 0.15) is 53.2 Å². The molecule has 0 aliphatic carbocycles. The van der Waals surface area contributed by atoms with Crippen LogP contribution < -0.4 is 10.1 Å². The predicted octanol–water partition coefficient (Wildman–Crippen LogP) is 3.80. The smallest absolute Gasteiger partial charge is 0.141 e. The molecule has 3 atom stereocenters. The first-order valence-electron chi connectivity index (χ1n) is 10.9. The molecule has 160 valence electrons. The SMILES string of the molecule is OCC1CC(O)CC(c2cc(Cc3ccc4c(c3)NCCC4)c(Cl)c3c2CCO3)O1. The lowest BCUT2D eigenvalue weighted by molar-refractivity contribution is -0.114. The van der Waals surface area contributed by atoms with Gasteiger partial charge in [-0.3, -0.25) is 0 Å². The minimum absolute atomic E-state index is 0.0885. The van der Waals surface area contributed by atoms with E-state index in [1.807, 2.05) is 0 Å². The van der Waals surface area contributed by atoms with E-state index in [2.05, 4.69) is 29.6 Å². The second-order valence-electron chi connectivity index (χ2n) is 8.60. The number of anilines is 1. The van der Waals surface area contributed by atoms with Crippen LogP contribution in [0.25, 0.3) is 0 Å². The van der Waals surface area contributed by atoms with E-state index in [4.69, 9.17) is 21.1 Å². The zero-order chi connectivity index (χ0) is 20.7. The fourth-order valence-electron chi connectivity index (χ4n) is 4.97. The third-order valence-electron chi connectivity index (χ3n) is 6.47. The van der Waals surface area contributed by atoms with Gasteiger partial charge in [-0.05, 0) is 47.6 Å². The largest absolute Gasteiger partial charge is 0.491 e. The number of aryl methyl sites for hydroxylation is 1. The molecular formula is C24H28ClNO4. The third-order valence-corrected chi connectivity index (χ3v) is 6.88. The van der Waals surface area contributed by atoms with Gasteiger partial charge in [-0.25, -0.2) is 0 Å². The maximum absolute atomic E-state index is 10.3. The molecule has 3 N–H and O–H groups in total. The number of rotatable bonds is 4. The van der Waals surface area contributed by atoms with Crippen LogP contribution in [0.4, 0.5) is 5.69 Å². The molecule has 3 heterocycles. The zero-order valence-corrected chi connectivity index (χ0v) is 17.8. The van der Waals surface area contributed by atoms with Gasteiger partial charge in [-0.2, -0.15) is 0 Å². The summed E-state index contributed by atoms with van der Waals surface area (Å²) in [5.74, 6) is 0.754. The topological polar surface area (TPSA) is 71.0 Å². The Morgan fingerprint density at radius 1 is 1.17 bits per heavy atom. The highest BCUT2D eigenvalue weighted by Crippen LogP contribution is 2.44. The molecule has 0 spiro atoms. The van der Waals surface area contributed by atoms with Crippen molar-refractivity contribution in [2.45, 2.75) is 56.8 Å². The highest BCUT2D eigenvalue weighted by atomic mass is 35.5. The second-order valence-corrected chi connectivity index (χ2v) is 8.98. The quantitative estimate of drug-likeness (QED) is 0.689. The van der Waals surface area contributed by atoms with Crippen LogP contribution in [-0.4, -0.2) is 42.2 Å². The maximum Gasteiger partial charge on any atom is 0.141 e. The first-order chi connectivity index (χ1) is 14.6. The monoisotopic (exact) mass is 429 g/mol. The van der Waals surface area contributed by atoms with Gasteiger partial charge in [0.2, 0.25) is 0 Å². The van der Waals surface area contributed by atoms with Gasteiger partial charge in [-0.15, -0.1) is 0 Å². The van der Waals surface area contributed by atoms with Crippen molar-refractivity contribution in [1.29, 1.82) is 0 Å². The van der Waals surface area contributed by atoms with Gasteiger partial charge in [-0.1, -0.05) is 29.8 Å². The van der Waals surface area contributed by atoms with Gasteiger partial charge in [0.1, 0.15) is 5.75 Å². The molecule has 0 radical (unpaired) electrons. The lowest BCUT2D eigenvalue weighted by Gasteiger charge is -2.33. The number of hydrogen-bond acceptors (Lipinski definition) is 5. The van der Waals surface area contributed by atoms with E-state index < -0.39 is 6.10 Å². The Morgan fingerprint density at radius 3 is 2.93 bits per heavy atom. The number of hydrogen-bond donors (Lipinski definition) is 3. The number of aliphatic hydroxyl groups excluding tert-OH is 2. The second kappa shape index (κ2) is 8.39. The molecule has 0 amide bonds. The molecule has 2 aromatic rings. The predicted molar refractivity (Wildman–Crippen MR) is 117 cm³/mol. The highest BCUT2D eigenvalue weighted by Gasteiger charge is 2.33. The first-order valence-corrected chi connectivity index (χ1v) is 11.3. The normalized spacial score (nSPS) is 25.2. The van der Waals surface area contributed by atoms with Crippen LogP contribution in [0.15, 0.2) is 24.3 Å². The van der Waals surface area contributed by atoms with Gasteiger partial charge >= 0.3 is 0 Å². The van der Waals surface area contributed by atoms with E-state index in [1.165, 1.54) is 23.2 Å². The van der Waals surface area contributed by atoms with Crippen LogP contribution >= 0.6 is 11.6 Å². The molecule has 0 bridgehead atoms. The Hall–Kier alpha value is -1.79. The molecule has 3 aliphatic heterocycles. The fourth-order valence-corrected chi connectivity index (χ4v) is 5.26. The fraction of sp³-hybridized carbons (Fsp3) is 0.500. The first kappa shape index (κ1) is 20.1. The summed E-state index contributed by atoms with van der Waals surface area (Å²) in [6.07, 6.45) is 3.68. The Labute approximate surface area is 182 Å². The van der Waals surface area contributed by atoms with Crippen molar-refractivity contribution in [1.82, 2.24) is 0 Å². The summed E-state index contributed by atoms with van der Waals surface area (Å²) >= 11 is 6.77. The zero-order valence-electron chi connectivity index (χ0n) is 17.0. The lowest BCUT2D eigenvalue weighted by Crippen LogP contribution is -2.33. The van der Waals surface area contributed by atoms with E-state index in [9.17, 15) is 10.2 Å². The van der Waals surface area contributed by atoms with Crippen molar-refractivity contribution in [3.8, 4) is 5.75 Å². The van der Waals surface area contributed by atoms with Gasteiger partial charge in [0, 0.05) is 37.1 Å². The Kier molecular flexibility index (Phi) is 5.63. The molecule has 2 aromatic carbocycles. The number of fused-ring (bicyclic) bond motifs is 2. The van der Waals surface area contributed by atoms with Crippen LogP contribution in [0.5, 0.6) is 5.75 Å². The molecule has 0 saturated carbocycles. The van der Waals surface area contributed by atoms with Crippen LogP contribution in [0.2, 0.25) is 5.02 Å². The standard InChI is InChI=1S/C24H28ClNO4/c25-23-16(8-14-3-4-15-2-1-6-26-21(15)9-14)10-20(19-5-7-29-24(19)23)22-12-17(28)11-18(13-27)30-22/h3-4,9-10,17-18,22,26-28H,1-2,5-8,11-13H2. The van der Waals surface area contributed by atoms with E-state index in [0.717, 1.165) is 41.8 Å². The van der Waals surface area contributed by atoms with Crippen molar-refractivity contribution in [2.75, 3.05) is 25.1 Å². The summed E-state index contributed by atoms with van der Waals surface area (Å²) in [6.45, 7) is 1.53. The average Bonchev–Trinajstić information content (AvgIpc) is 3.25. The lowest BCUT2D eigenvalue weighted by atomic mass is 9.89. The van der Waals surface area contributed by atoms with Gasteiger partial charge in [0.05, 0.1) is 36.5 Å². The van der Waals surface area contributed by atoms with Crippen LogP contribution in [-0.2, 0) is 24.0 Å². The molecule has 30 heavy (non-hydrogen) atoms. The number of benzene rings is 2. The van der Waals surface area contributed by atoms with Crippen molar-refractivity contribution < 1.29 is 19.7 Å². The third kappa shape index (κ3) is 3.80. The molecule has 0 aromatic heterocycles. The summed E-state index contributed by atoms with van der Waals surface area (Å²) in [4.78, 5) is 0. The minimum atomic E-state index is -0.482. The number of halogens is 1. The number of nitrogens with one attached hydrogen (secondary N) is 1. The summed E-state index contributed by atoms with van der Waals surface area (Å²) in [5.41, 5.74) is 6.91. The van der Waals surface area contributed by atoms with E-state index in [1.54, 1.807) is 0 Å². The van der Waals surface area contributed by atoms with Gasteiger partial charge < -0.3 is 25.0 Å². The Morgan fingerprint density at radius 2 is 2.07 bits per heavy atom. The summed E-state index contributed by atoms with van der Waals surface area (Å²) < 4.78 is 12.0. The molecule has 3 aliphatic rings. The molecule has 5 nitrogen and oxygen atoms in total. The van der Waals surface area contributed by atoms with Crippen molar-refractivity contribution >= 4 is 17.3 Å². The molecule has 1 fully saturated rings. The summed E-state index contributed by atoms with van der Waals surface area (Å²) in [5, 5.41) is 24.0.